The molecule has 0 aromatic heterocycles. The van der Waals surface area contributed by atoms with Gasteiger partial charge in [0.15, 0.2) is 0 Å². The van der Waals surface area contributed by atoms with E-state index in [2.05, 4.69) is 21.2 Å². The predicted molar refractivity (Wildman–Crippen MR) is 66.9 cm³/mol. The van der Waals surface area contributed by atoms with Gasteiger partial charge in [0.2, 0.25) is 0 Å². The molecule has 0 radical (unpaired) electrons. The zero-order chi connectivity index (χ0) is 12.3. The van der Waals surface area contributed by atoms with Crippen LogP contribution in [0, 0.1) is 10.1 Å². The largest absolute Gasteiger partial charge is 0.380 e. The number of nitrogens with zero attached hydrogens (tertiary/aromatic N) is 1. The lowest BCUT2D eigenvalue weighted by Crippen LogP contribution is -2.28. The normalized spacial score (nSPS) is 19.5. The molecule has 1 aliphatic rings. The third-order valence-corrected chi connectivity index (χ3v) is 3.68. The molecule has 1 heterocycles. The van der Waals surface area contributed by atoms with E-state index in [-0.39, 0.29) is 10.6 Å². The third-order valence-electron chi connectivity index (χ3n) is 2.77. The molecule has 1 aromatic rings. The molecular weight excluding hydrogens is 288 g/mol. The summed E-state index contributed by atoms with van der Waals surface area (Å²) in [6.45, 7) is 2.11. The van der Waals surface area contributed by atoms with Crippen LogP contribution in [0.4, 0.5) is 5.69 Å². The summed E-state index contributed by atoms with van der Waals surface area (Å²) in [6.07, 6.45) is 0.993. The average molecular weight is 301 g/mol. The number of ether oxygens (including phenoxy) is 1. The van der Waals surface area contributed by atoms with Crippen LogP contribution in [0.3, 0.4) is 0 Å². The van der Waals surface area contributed by atoms with Crippen molar-refractivity contribution in [3.05, 3.63) is 38.3 Å². The van der Waals surface area contributed by atoms with Crippen molar-refractivity contribution in [2.75, 3.05) is 13.2 Å². The molecule has 1 aromatic carbocycles. The van der Waals surface area contributed by atoms with Gasteiger partial charge in [0.1, 0.15) is 0 Å². The van der Waals surface area contributed by atoms with E-state index in [9.17, 15) is 10.1 Å². The van der Waals surface area contributed by atoms with Crippen LogP contribution in [0.25, 0.3) is 0 Å². The summed E-state index contributed by atoms with van der Waals surface area (Å²) < 4.78 is 5.81. The molecule has 92 valence electrons. The van der Waals surface area contributed by atoms with Crippen LogP contribution < -0.4 is 5.32 Å². The van der Waals surface area contributed by atoms with Gasteiger partial charge in [-0.15, -0.1) is 0 Å². The number of nitrogens with one attached hydrogen (secondary N) is 1. The average Bonchev–Trinajstić information content (AvgIpc) is 2.80. The molecule has 1 saturated heterocycles. The van der Waals surface area contributed by atoms with Gasteiger partial charge in [-0.1, -0.05) is 12.1 Å². The maximum absolute atomic E-state index is 10.8. The Balaban J connectivity index is 2.04. The minimum absolute atomic E-state index is 0.104. The quantitative estimate of drug-likeness (QED) is 0.684. The lowest BCUT2D eigenvalue weighted by Gasteiger charge is -2.11. The molecule has 2 rings (SSSR count). The van der Waals surface area contributed by atoms with Crippen molar-refractivity contribution in [2.24, 2.45) is 0 Å². The molecular formula is C11H13BrN2O3. The lowest BCUT2D eigenvalue weighted by atomic mass is 10.2. The van der Waals surface area contributed by atoms with Crippen molar-refractivity contribution in [2.45, 2.75) is 19.0 Å². The van der Waals surface area contributed by atoms with E-state index in [0.29, 0.717) is 23.7 Å². The van der Waals surface area contributed by atoms with Crippen LogP contribution in [-0.4, -0.2) is 24.2 Å². The Morgan fingerprint density at radius 2 is 2.41 bits per heavy atom. The molecule has 1 N–H and O–H groups in total. The van der Waals surface area contributed by atoms with Gasteiger partial charge >= 0.3 is 0 Å². The third kappa shape index (κ3) is 3.02. The second kappa shape index (κ2) is 5.57. The topological polar surface area (TPSA) is 64.4 Å². The van der Waals surface area contributed by atoms with Crippen LogP contribution in [0.5, 0.6) is 0 Å². The van der Waals surface area contributed by atoms with Crippen molar-refractivity contribution in [1.29, 1.82) is 0 Å². The van der Waals surface area contributed by atoms with Gasteiger partial charge in [0.05, 0.1) is 16.0 Å². The van der Waals surface area contributed by atoms with E-state index in [1.165, 1.54) is 6.07 Å². The number of hydrogen-bond donors (Lipinski definition) is 1. The summed E-state index contributed by atoms with van der Waals surface area (Å²) >= 11 is 3.28. The van der Waals surface area contributed by atoms with E-state index in [1.54, 1.807) is 6.07 Å². The second-order valence-corrected chi connectivity index (χ2v) is 4.74. The van der Waals surface area contributed by atoms with Crippen molar-refractivity contribution in [3.8, 4) is 0 Å². The van der Waals surface area contributed by atoms with E-state index >= 15 is 0 Å². The molecule has 5 nitrogen and oxygen atoms in total. The first-order valence-electron chi connectivity index (χ1n) is 5.41. The highest BCUT2D eigenvalue weighted by Gasteiger charge is 2.18. The summed E-state index contributed by atoms with van der Waals surface area (Å²) in [5, 5.41) is 14.1. The van der Waals surface area contributed by atoms with E-state index in [0.717, 1.165) is 18.6 Å². The van der Waals surface area contributed by atoms with Crippen molar-refractivity contribution in [3.63, 3.8) is 0 Å². The Hall–Kier alpha value is -0.980. The monoisotopic (exact) mass is 300 g/mol. The molecule has 0 bridgehead atoms. The van der Waals surface area contributed by atoms with Crippen LogP contribution in [0.1, 0.15) is 12.0 Å². The fourth-order valence-corrected chi connectivity index (χ4v) is 2.34. The summed E-state index contributed by atoms with van der Waals surface area (Å²) in [5.41, 5.74) is 0.998. The highest BCUT2D eigenvalue weighted by molar-refractivity contribution is 9.10. The highest BCUT2D eigenvalue weighted by Crippen LogP contribution is 2.28. The molecule has 0 saturated carbocycles. The summed E-state index contributed by atoms with van der Waals surface area (Å²) in [4.78, 5) is 10.4. The molecule has 0 amide bonds. The minimum atomic E-state index is -0.383. The van der Waals surface area contributed by atoms with Gasteiger partial charge in [0, 0.05) is 25.3 Å². The first-order valence-corrected chi connectivity index (χ1v) is 6.20. The maximum atomic E-state index is 10.8. The van der Waals surface area contributed by atoms with Gasteiger partial charge in [0.25, 0.3) is 5.69 Å². The molecule has 6 heteroatoms. The molecule has 17 heavy (non-hydrogen) atoms. The van der Waals surface area contributed by atoms with Crippen molar-refractivity contribution < 1.29 is 9.66 Å². The highest BCUT2D eigenvalue weighted by atomic mass is 79.9. The SMILES string of the molecule is O=[N+]([O-])c1cccc(CNC2CCOC2)c1Br. The standard InChI is InChI=1S/C11H13BrN2O3/c12-11-8(2-1-3-10(11)14(15)16)6-13-9-4-5-17-7-9/h1-3,9,13H,4-7H2. The Morgan fingerprint density at radius 3 is 3.06 bits per heavy atom. The smallest absolute Gasteiger partial charge is 0.283 e. The number of rotatable bonds is 4. The molecule has 1 unspecified atom stereocenters. The number of nitro groups is 1. The first-order chi connectivity index (χ1) is 8.18. The Labute approximate surface area is 107 Å². The zero-order valence-electron chi connectivity index (χ0n) is 9.19. The fourth-order valence-electron chi connectivity index (χ4n) is 1.79. The predicted octanol–water partition coefficient (Wildman–Crippen LogP) is 2.24. The molecule has 1 aliphatic heterocycles. The Bertz CT molecular complexity index is 419. The van der Waals surface area contributed by atoms with E-state index in [1.807, 2.05) is 6.07 Å². The first kappa shape index (κ1) is 12.5. The van der Waals surface area contributed by atoms with Crippen molar-refractivity contribution >= 4 is 21.6 Å². The molecule has 0 spiro atoms. The fraction of sp³-hybridized carbons (Fsp3) is 0.455. The summed E-state index contributed by atoms with van der Waals surface area (Å²) in [5.74, 6) is 0. The van der Waals surface area contributed by atoms with Crippen molar-refractivity contribution in [1.82, 2.24) is 5.32 Å². The van der Waals surface area contributed by atoms with E-state index < -0.39 is 0 Å². The lowest BCUT2D eigenvalue weighted by molar-refractivity contribution is -0.385. The van der Waals surface area contributed by atoms with Gasteiger partial charge in [-0.2, -0.15) is 0 Å². The number of halogens is 1. The van der Waals surface area contributed by atoms with E-state index in [4.69, 9.17) is 4.74 Å². The Kier molecular flexibility index (Phi) is 4.09. The number of nitro benzene ring substituents is 1. The minimum Gasteiger partial charge on any atom is -0.380 e. The van der Waals surface area contributed by atoms with Gasteiger partial charge in [-0.25, -0.2) is 0 Å². The van der Waals surface area contributed by atoms with Crippen LogP contribution in [-0.2, 0) is 11.3 Å². The Morgan fingerprint density at radius 1 is 1.59 bits per heavy atom. The molecule has 1 atom stereocenters. The number of benzene rings is 1. The van der Waals surface area contributed by atoms with Gasteiger partial charge < -0.3 is 10.1 Å². The summed E-state index contributed by atoms with van der Waals surface area (Å²) in [6, 6.07) is 5.41. The summed E-state index contributed by atoms with van der Waals surface area (Å²) in [7, 11) is 0. The second-order valence-electron chi connectivity index (χ2n) is 3.95. The van der Waals surface area contributed by atoms with Crippen LogP contribution >= 0.6 is 15.9 Å². The van der Waals surface area contributed by atoms with Gasteiger partial charge in [-0.05, 0) is 27.9 Å². The molecule has 0 aliphatic carbocycles. The zero-order valence-corrected chi connectivity index (χ0v) is 10.8. The van der Waals surface area contributed by atoms with Crippen LogP contribution in [0.15, 0.2) is 22.7 Å². The van der Waals surface area contributed by atoms with Crippen LogP contribution in [0.2, 0.25) is 0 Å². The maximum Gasteiger partial charge on any atom is 0.283 e. The number of hydrogen-bond acceptors (Lipinski definition) is 4. The van der Waals surface area contributed by atoms with Gasteiger partial charge in [-0.3, -0.25) is 10.1 Å². The molecule has 1 fully saturated rings.